The van der Waals surface area contributed by atoms with Crippen LogP contribution in [0.2, 0.25) is 28.2 Å². The Balaban J connectivity index is 1.91. The normalized spacial score (nSPS) is 23.9. The molecule has 1 fully saturated rings. The minimum Gasteiger partial charge on any atom is -0.414 e. The zero-order chi connectivity index (χ0) is 20.7. The van der Waals surface area contributed by atoms with Crippen LogP contribution in [0.1, 0.15) is 51.1 Å². The number of hydrogen-bond acceptors (Lipinski definition) is 4. The Morgan fingerprint density at radius 3 is 2.29 bits per heavy atom. The predicted octanol–water partition coefficient (Wildman–Crippen LogP) is 5.94. The van der Waals surface area contributed by atoms with Gasteiger partial charge >= 0.3 is 0 Å². The van der Waals surface area contributed by atoms with E-state index in [4.69, 9.17) is 27.6 Å². The fourth-order valence-electron chi connectivity index (χ4n) is 3.55. The van der Waals surface area contributed by atoms with Gasteiger partial charge in [0.25, 0.3) is 0 Å². The number of nitrogens with zero attached hydrogens (tertiary/aromatic N) is 2. The van der Waals surface area contributed by atoms with Gasteiger partial charge in [0.15, 0.2) is 14.1 Å². The van der Waals surface area contributed by atoms with Crippen molar-refractivity contribution in [2.45, 2.75) is 69.4 Å². The number of hydrogen-bond donors (Lipinski definition) is 1. The minimum atomic E-state index is -1.90. The van der Waals surface area contributed by atoms with Crippen LogP contribution in [0.25, 0.3) is 0 Å². The third-order valence-corrected chi connectivity index (χ3v) is 11.6. The molecular weight excluding hydrogens is 411 g/mol. The molecule has 1 aliphatic rings. The van der Waals surface area contributed by atoms with Crippen LogP contribution in [0.5, 0.6) is 0 Å². The summed E-state index contributed by atoms with van der Waals surface area (Å²) in [5.41, 5.74) is 0.403. The first kappa shape index (κ1) is 21.7. The Labute approximate surface area is 178 Å². The maximum absolute atomic E-state index is 11.2. The number of aliphatic hydroxyl groups excluding tert-OH is 1. The maximum Gasteiger partial charge on any atom is 0.192 e. The van der Waals surface area contributed by atoms with E-state index in [1.54, 1.807) is 24.5 Å². The Bertz CT molecular complexity index is 834. The monoisotopic (exact) mass is 438 g/mol. The van der Waals surface area contributed by atoms with Crippen LogP contribution in [0.15, 0.2) is 36.7 Å². The summed E-state index contributed by atoms with van der Waals surface area (Å²) in [4.78, 5) is 8.56. The molecule has 2 aromatic rings. The molecule has 1 aliphatic carbocycles. The lowest BCUT2D eigenvalue weighted by Crippen LogP contribution is -2.55. The fourth-order valence-corrected chi connectivity index (χ4v) is 5.20. The molecule has 1 aromatic heterocycles. The third kappa shape index (κ3) is 4.01. The number of benzene rings is 1. The molecule has 1 atom stereocenters. The first-order valence-electron chi connectivity index (χ1n) is 9.55. The second kappa shape index (κ2) is 7.69. The van der Waals surface area contributed by atoms with E-state index in [-0.39, 0.29) is 11.1 Å². The summed E-state index contributed by atoms with van der Waals surface area (Å²) in [5.74, 6) is 0.416. The second-order valence-corrected chi connectivity index (χ2v) is 14.8. The van der Waals surface area contributed by atoms with Crippen molar-refractivity contribution in [1.82, 2.24) is 9.97 Å². The molecular formula is C21H28Cl2N2O2Si. The molecule has 4 nitrogen and oxygen atoms in total. The van der Waals surface area contributed by atoms with E-state index in [1.807, 2.05) is 12.1 Å². The lowest BCUT2D eigenvalue weighted by atomic mass is 9.59. The molecule has 1 N–H and O–H groups in total. The van der Waals surface area contributed by atoms with Gasteiger partial charge in [-0.15, -0.1) is 0 Å². The number of rotatable bonds is 5. The molecule has 0 bridgehead atoms. The first-order valence-corrected chi connectivity index (χ1v) is 13.2. The molecule has 0 aliphatic heterocycles. The van der Waals surface area contributed by atoms with Crippen LogP contribution in [-0.4, -0.2) is 29.5 Å². The van der Waals surface area contributed by atoms with E-state index in [0.29, 0.717) is 28.7 Å². The second-order valence-electron chi connectivity index (χ2n) is 9.20. The van der Waals surface area contributed by atoms with Gasteiger partial charge in [-0.25, -0.2) is 9.97 Å². The van der Waals surface area contributed by atoms with Crippen LogP contribution < -0.4 is 0 Å². The van der Waals surface area contributed by atoms with Crippen molar-refractivity contribution in [2.24, 2.45) is 0 Å². The van der Waals surface area contributed by atoms with Gasteiger partial charge in [0.05, 0.1) is 10.0 Å². The van der Waals surface area contributed by atoms with Gasteiger partial charge in [-0.3, -0.25) is 0 Å². The Hall–Kier alpha value is -0.983. The summed E-state index contributed by atoms with van der Waals surface area (Å²) in [7, 11) is -1.90. The van der Waals surface area contributed by atoms with Gasteiger partial charge in [0, 0.05) is 23.9 Å². The van der Waals surface area contributed by atoms with E-state index >= 15 is 0 Å². The molecule has 1 unspecified atom stereocenters. The van der Waals surface area contributed by atoms with Gasteiger partial charge in [-0.05, 0) is 54.7 Å². The van der Waals surface area contributed by atoms with E-state index in [0.717, 1.165) is 5.56 Å². The summed E-state index contributed by atoms with van der Waals surface area (Å²) < 4.78 is 6.58. The van der Waals surface area contributed by atoms with Crippen molar-refractivity contribution in [3.05, 3.63) is 58.1 Å². The number of aliphatic hydroxyl groups is 1. The number of aromatic nitrogens is 2. The highest BCUT2D eigenvalue weighted by Crippen LogP contribution is 2.55. The fraction of sp³-hybridized carbons (Fsp3) is 0.524. The predicted molar refractivity (Wildman–Crippen MR) is 116 cm³/mol. The van der Waals surface area contributed by atoms with E-state index in [9.17, 15) is 5.11 Å². The molecule has 1 saturated carbocycles. The average molecular weight is 439 g/mol. The standard InChI is InChI=1S/C21H28Cl2N2O2Si/c1-20(2,3)28(4,5)27-15-12-21(13-15,14-7-8-16(22)17(23)11-14)18(26)19-24-9-6-10-25-19/h6-11,15,18,26H,12-13H2,1-5H3. The summed E-state index contributed by atoms with van der Waals surface area (Å²) in [6.45, 7) is 11.2. The maximum atomic E-state index is 11.2. The van der Waals surface area contributed by atoms with E-state index in [1.165, 1.54) is 0 Å². The quantitative estimate of drug-likeness (QED) is 0.586. The molecule has 3 rings (SSSR count). The largest absolute Gasteiger partial charge is 0.414 e. The zero-order valence-electron chi connectivity index (χ0n) is 17.0. The summed E-state index contributed by atoms with van der Waals surface area (Å²) in [6.07, 6.45) is 3.93. The lowest BCUT2D eigenvalue weighted by molar-refractivity contribution is -0.0547. The minimum absolute atomic E-state index is 0.0914. The lowest BCUT2D eigenvalue weighted by Gasteiger charge is -2.53. The molecule has 1 aromatic carbocycles. The third-order valence-electron chi connectivity index (χ3n) is 6.30. The molecule has 1 heterocycles. The Morgan fingerprint density at radius 1 is 1.14 bits per heavy atom. The van der Waals surface area contributed by atoms with Crippen LogP contribution >= 0.6 is 23.2 Å². The van der Waals surface area contributed by atoms with E-state index in [2.05, 4.69) is 43.8 Å². The van der Waals surface area contributed by atoms with Crippen molar-refractivity contribution in [1.29, 1.82) is 0 Å². The van der Waals surface area contributed by atoms with Crippen molar-refractivity contribution in [3.8, 4) is 0 Å². The average Bonchev–Trinajstić information content (AvgIpc) is 2.59. The van der Waals surface area contributed by atoms with Gasteiger partial charge in [-0.1, -0.05) is 50.0 Å². The van der Waals surface area contributed by atoms with Gasteiger partial charge < -0.3 is 9.53 Å². The van der Waals surface area contributed by atoms with Crippen molar-refractivity contribution in [3.63, 3.8) is 0 Å². The Kier molecular flexibility index (Phi) is 5.96. The van der Waals surface area contributed by atoms with Gasteiger partial charge in [0.2, 0.25) is 0 Å². The Morgan fingerprint density at radius 2 is 1.75 bits per heavy atom. The molecule has 0 radical (unpaired) electrons. The molecule has 0 amide bonds. The van der Waals surface area contributed by atoms with E-state index < -0.39 is 19.8 Å². The highest BCUT2D eigenvalue weighted by molar-refractivity contribution is 6.74. The summed E-state index contributed by atoms with van der Waals surface area (Å²) in [6, 6.07) is 7.30. The summed E-state index contributed by atoms with van der Waals surface area (Å²) >= 11 is 12.4. The van der Waals surface area contributed by atoms with Crippen LogP contribution in [0, 0.1) is 0 Å². The molecule has 28 heavy (non-hydrogen) atoms. The van der Waals surface area contributed by atoms with Gasteiger partial charge in [0.1, 0.15) is 6.10 Å². The highest BCUT2D eigenvalue weighted by Gasteiger charge is 2.54. The molecule has 0 saturated heterocycles. The van der Waals surface area contributed by atoms with Crippen LogP contribution in [0.4, 0.5) is 0 Å². The highest BCUT2D eigenvalue weighted by atomic mass is 35.5. The number of halogens is 2. The topological polar surface area (TPSA) is 55.2 Å². The molecule has 0 spiro atoms. The summed E-state index contributed by atoms with van der Waals surface area (Å²) in [5, 5.41) is 12.3. The zero-order valence-corrected chi connectivity index (χ0v) is 19.6. The van der Waals surface area contributed by atoms with Crippen molar-refractivity contribution < 1.29 is 9.53 Å². The first-order chi connectivity index (χ1) is 13.0. The van der Waals surface area contributed by atoms with Crippen molar-refractivity contribution in [2.75, 3.05) is 0 Å². The van der Waals surface area contributed by atoms with Crippen LogP contribution in [0.3, 0.4) is 0 Å². The molecule has 7 heteroatoms. The van der Waals surface area contributed by atoms with Crippen LogP contribution in [-0.2, 0) is 9.84 Å². The van der Waals surface area contributed by atoms with Crippen molar-refractivity contribution >= 4 is 31.5 Å². The molecule has 152 valence electrons. The smallest absolute Gasteiger partial charge is 0.192 e. The van der Waals surface area contributed by atoms with Gasteiger partial charge in [-0.2, -0.15) is 0 Å². The SMILES string of the molecule is CC(C)(C)[Si](C)(C)OC1CC(c2ccc(Cl)c(Cl)c2)(C(O)c2ncccn2)C1.